The van der Waals surface area contributed by atoms with E-state index in [0.717, 1.165) is 18.3 Å². The van der Waals surface area contributed by atoms with E-state index in [9.17, 15) is 39.9 Å². The number of halogens is 9. The minimum Gasteiger partial charge on any atom is -0.428 e. The standard InChI is InChI=1S/C25H17ClF8N2O2/c26-17-6-7-20(35-14-17)23(13-15-4-2-1-3-5-15,36-21(37)8-9-24(30,31)32)16-10-18(27)12-19(11-16)38-25(33,34)22(28)29/h1-12,14,22H,13H2,(H,36,37)/t23-/m0/s1. The fourth-order valence-electron chi connectivity index (χ4n) is 3.54. The van der Waals surface area contributed by atoms with Crippen LogP contribution in [-0.4, -0.2) is 29.6 Å². The first kappa shape index (κ1) is 28.9. The Balaban J connectivity index is 2.26. The molecular weight excluding hydrogens is 548 g/mol. The number of hydrogen-bond acceptors (Lipinski definition) is 3. The highest BCUT2D eigenvalue weighted by Crippen LogP contribution is 2.37. The van der Waals surface area contributed by atoms with E-state index in [1.54, 1.807) is 30.3 Å². The number of nitrogens with zero attached hydrogens (tertiary/aromatic N) is 1. The van der Waals surface area contributed by atoms with Gasteiger partial charge in [0.1, 0.15) is 17.1 Å². The molecule has 1 N–H and O–H groups in total. The highest BCUT2D eigenvalue weighted by molar-refractivity contribution is 6.30. The highest BCUT2D eigenvalue weighted by Gasteiger charge is 2.45. The van der Waals surface area contributed by atoms with Crippen LogP contribution in [0.3, 0.4) is 0 Å². The summed E-state index contributed by atoms with van der Waals surface area (Å²) in [6.45, 7) is 0. The van der Waals surface area contributed by atoms with Crippen LogP contribution in [0.2, 0.25) is 5.02 Å². The van der Waals surface area contributed by atoms with E-state index in [-0.39, 0.29) is 34.9 Å². The third-order valence-electron chi connectivity index (χ3n) is 5.11. The van der Waals surface area contributed by atoms with Gasteiger partial charge in [0.25, 0.3) is 0 Å². The maximum Gasteiger partial charge on any atom is 0.461 e. The molecule has 202 valence electrons. The van der Waals surface area contributed by atoms with Crippen molar-refractivity contribution >= 4 is 17.5 Å². The van der Waals surface area contributed by atoms with Gasteiger partial charge in [-0.25, -0.2) is 4.39 Å². The van der Waals surface area contributed by atoms with Crippen LogP contribution in [0.5, 0.6) is 5.75 Å². The van der Waals surface area contributed by atoms with Gasteiger partial charge >= 0.3 is 18.7 Å². The first-order chi connectivity index (χ1) is 17.7. The number of amides is 1. The van der Waals surface area contributed by atoms with Crippen molar-refractivity contribution in [1.29, 1.82) is 0 Å². The van der Waals surface area contributed by atoms with Gasteiger partial charge in [0.2, 0.25) is 5.91 Å². The molecule has 0 radical (unpaired) electrons. The van der Waals surface area contributed by atoms with E-state index in [1.807, 2.05) is 0 Å². The Morgan fingerprint density at radius 1 is 1.03 bits per heavy atom. The van der Waals surface area contributed by atoms with Gasteiger partial charge < -0.3 is 10.1 Å². The van der Waals surface area contributed by atoms with Crippen LogP contribution < -0.4 is 10.1 Å². The fraction of sp³-hybridized carbons (Fsp3) is 0.200. The van der Waals surface area contributed by atoms with Crippen LogP contribution in [0, 0.1) is 5.82 Å². The van der Waals surface area contributed by atoms with Crippen molar-refractivity contribution < 1.29 is 44.7 Å². The molecule has 0 unspecified atom stereocenters. The maximum atomic E-state index is 14.7. The van der Waals surface area contributed by atoms with Crippen LogP contribution in [0.25, 0.3) is 0 Å². The molecule has 4 nitrogen and oxygen atoms in total. The number of carbonyl (C=O) groups excluding carboxylic acids is 1. The Hall–Kier alpha value is -3.67. The quantitative estimate of drug-likeness (QED) is 0.229. The summed E-state index contributed by atoms with van der Waals surface area (Å²) in [6.07, 6.45) is -13.4. The summed E-state index contributed by atoms with van der Waals surface area (Å²) in [5, 5.41) is 2.48. The molecule has 3 rings (SSSR count). The van der Waals surface area contributed by atoms with E-state index in [0.29, 0.717) is 11.6 Å². The zero-order valence-corrected chi connectivity index (χ0v) is 19.7. The van der Waals surface area contributed by atoms with Crippen LogP contribution >= 0.6 is 11.6 Å². The van der Waals surface area contributed by atoms with Crippen molar-refractivity contribution in [2.45, 2.75) is 30.7 Å². The topological polar surface area (TPSA) is 51.2 Å². The average Bonchev–Trinajstić information content (AvgIpc) is 2.82. The van der Waals surface area contributed by atoms with Gasteiger partial charge in [-0.15, -0.1) is 0 Å². The number of carbonyl (C=O) groups is 1. The number of aromatic nitrogens is 1. The molecule has 2 aromatic carbocycles. The number of pyridine rings is 1. The zero-order valence-electron chi connectivity index (χ0n) is 19.0. The van der Waals surface area contributed by atoms with Crippen LogP contribution in [0.1, 0.15) is 16.8 Å². The number of benzene rings is 2. The molecule has 0 bridgehead atoms. The van der Waals surface area contributed by atoms with Crippen molar-refractivity contribution in [2.75, 3.05) is 0 Å². The second-order valence-electron chi connectivity index (χ2n) is 7.93. The molecule has 0 saturated carbocycles. The molecule has 13 heteroatoms. The van der Waals surface area contributed by atoms with Gasteiger partial charge in [-0.1, -0.05) is 41.9 Å². The molecule has 3 aromatic rings. The van der Waals surface area contributed by atoms with Gasteiger partial charge in [-0.3, -0.25) is 9.78 Å². The molecule has 1 heterocycles. The monoisotopic (exact) mass is 564 g/mol. The Morgan fingerprint density at radius 3 is 2.29 bits per heavy atom. The zero-order chi connectivity index (χ0) is 28.1. The molecule has 1 amide bonds. The predicted octanol–water partition coefficient (Wildman–Crippen LogP) is 6.83. The lowest BCUT2D eigenvalue weighted by atomic mass is 9.80. The molecule has 1 atom stereocenters. The van der Waals surface area contributed by atoms with E-state index in [2.05, 4.69) is 15.0 Å². The summed E-state index contributed by atoms with van der Waals surface area (Å²) in [5.41, 5.74) is -1.99. The van der Waals surface area contributed by atoms with Crippen molar-refractivity contribution in [1.82, 2.24) is 10.3 Å². The predicted molar refractivity (Wildman–Crippen MR) is 121 cm³/mol. The first-order valence-corrected chi connectivity index (χ1v) is 11.0. The summed E-state index contributed by atoms with van der Waals surface area (Å²) < 4.78 is 110. The van der Waals surface area contributed by atoms with E-state index in [1.165, 1.54) is 12.1 Å². The lowest BCUT2D eigenvalue weighted by Crippen LogP contribution is -2.49. The lowest BCUT2D eigenvalue weighted by molar-refractivity contribution is -0.253. The first-order valence-electron chi connectivity index (χ1n) is 10.6. The Labute approximate surface area is 215 Å². The SMILES string of the molecule is O=C(C=CC(F)(F)F)N[C@@](Cc1ccccc1)(c1cc(F)cc(OC(F)(F)C(F)F)c1)c1ccc(Cl)cn1. The molecule has 0 fully saturated rings. The van der Waals surface area contributed by atoms with Crippen molar-refractivity contribution in [3.63, 3.8) is 0 Å². The lowest BCUT2D eigenvalue weighted by Gasteiger charge is -2.35. The molecule has 38 heavy (non-hydrogen) atoms. The summed E-state index contributed by atoms with van der Waals surface area (Å²) in [6, 6.07) is 12.5. The van der Waals surface area contributed by atoms with E-state index < -0.39 is 41.7 Å². The molecule has 0 saturated heterocycles. The molecule has 0 aliphatic heterocycles. The van der Waals surface area contributed by atoms with Crippen molar-refractivity contribution in [2.24, 2.45) is 0 Å². The van der Waals surface area contributed by atoms with Gasteiger partial charge in [-0.05, 0) is 35.4 Å². The fourth-order valence-corrected chi connectivity index (χ4v) is 3.65. The largest absolute Gasteiger partial charge is 0.461 e. The summed E-state index contributed by atoms with van der Waals surface area (Å²) in [7, 11) is 0. The highest BCUT2D eigenvalue weighted by atomic mass is 35.5. The Kier molecular flexibility index (Phi) is 8.65. The van der Waals surface area contributed by atoms with Crippen LogP contribution in [0.15, 0.2) is 79.0 Å². The van der Waals surface area contributed by atoms with Gasteiger partial charge in [0.15, 0.2) is 0 Å². The minimum absolute atomic E-state index is 0.0864. The second kappa shape index (κ2) is 11.4. The summed E-state index contributed by atoms with van der Waals surface area (Å²) >= 11 is 5.91. The molecule has 0 aliphatic carbocycles. The third-order valence-corrected chi connectivity index (χ3v) is 5.33. The normalized spacial score (nSPS) is 13.9. The number of rotatable bonds is 9. The van der Waals surface area contributed by atoms with Gasteiger partial charge in [0, 0.05) is 30.8 Å². The van der Waals surface area contributed by atoms with E-state index in [4.69, 9.17) is 11.6 Å². The maximum absolute atomic E-state index is 14.7. The van der Waals surface area contributed by atoms with Crippen molar-refractivity contribution in [3.05, 3.63) is 107 Å². The number of allylic oxidation sites excluding steroid dienone is 1. The number of ether oxygens (including phenoxy) is 1. The minimum atomic E-state index is -5.00. The summed E-state index contributed by atoms with van der Waals surface area (Å²) in [4.78, 5) is 16.8. The molecular formula is C25H17ClF8N2O2. The average molecular weight is 565 g/mol. The Bertz CT molecular complexity index is 1280. The number of hydrogen-bond donors (Lipinski definition) is 1. The van der Waals surface area contributed by atoms with Crippen LogP contribution in [0.4, 0.5) is 35.1 Å². The molecule has 0 spiro atoms. The smallest absolute Gasteiger partial charge is 0.428 e. The number of nitrogens with one attached hydrogen (secondary N) is 1. The second-order valence-corrected chi connectivity index (χ2v) is 8.37. The van der Waals surface area contributed by atoms with Crippen molar-refractivity contribution in [3.8, 4) is 5.75 Å². The van der Waals surface area contributed by atoms with E-state index >= 15 is 0 Å². The number of alkyl halides is 7. The van der Waals surface area contributed by atoms with Crippen LogP contribution in [-0.2, 0) is 16.8 Å². The Morgan fingerprint density at radius 2 is 1.71 bits per heavy atom. The van der Waals surface area contributed by atoms with Gasteiger partial charge in [-0.2, -0.15) is 30.7 Å². The van der Waals surface area contributed by atoms with Gasteiger partial charge in [0.05, 0.1) is 10.7 Å². The third kappa shape index (κ3) is 7.44. The summed E-state index contributed by atoms with van der Waals surface area (Å²) in [5.74, 6) is -3.56. The molecule has 1 aromatic heterocycles. The molecule has 0 aliphatic rings.